The topological polar surface area (TPSA) is 55.2 Å². The lowest BCUT2D eigenvalue weighted by Gasteiger charge is -2.30. The van der Waals surface area contributed by atoms with Gasteiger partial charge in [-0.2, -0.15) is 0 Å². The van der Waals surface area contributed by atoms with E-state index in [1.807, 2.05) is 23.3 Å². The molecule has 1 unspecified atom stereocenters. The predicted octanol–water partition coefficient (Wildman–Crippen LogP) is 2.83. The highest BCUT2D eigenvalue weighted by atomic mass is 32.2. The minimum atomic E-state index is -0.00552. The number of piperidine rings is 1. The van der Waals surface area contributed by atoms with Gasteiger partial charge in [0, 0.05) is 19.6 Å². The molecule has 3 rings (SSSR count). The number of carbonyl (C=O) groups excluding carboxylic acids is 1. The molecule has 5 nitrogen and oxygen atoms in total. The van der Waals surface area contributed by atoms with Gasteiger partial charge in [-0.15, -0.1) is 11.3 Å². The molecule has 0 spiro atoms. The lowest BCUT2D eigenvalue weighted by atomic mass is 10.0. The fourth-order valence-corrected chi connectivity index (χ4v) is 4.69. The van der Waals surface area contributed by atoms with Crippen LogP contribution in [0.3, 0.4) is 0 Å². The normalized spacial score (nSPS) is 18.5. The number of nitrogens with zero attached hydrogens (tertiary/aromatic N) is 3. The Morgan fingerprint density at radius 1 is 1.52 bits per heavy atom. The number of amides is 1. The van der Waals surface area contributed by atoms with E-state index < -0.39 is 0 Å². The van der Waals surface area contributed by atoms with Crippen LogP contribution in [0.2, 0.25) is 0 Å². The molecule has 0 N–H and O–H groups in total. The molecule has 1 saturated heterocycles. The van der Waals surface area contributed by atoms with Crippen molar-refractivity contribution in [3.8, 4) is 0 Å². The summed E-state index contributed by atoms with van der Waals surface area (Å²) in [6.07, 6.45) is 2.28. The summed E-state index contributed by atoms with van der Waals surface area (Å²) in [6.45, 7) is 6.38. The lowest BCUT2D eigenvalue weighted by molar-refractivity contribution is -0.130. The van der Waals surface area contributed by atoms with Crippen molar-refractivity contribution < 1.29 is 4.79 Å². The van der Waals surface area contributed by atoms with Crippen molar-refractivity contribution in [2.45, 2.75) is 38.4 Å². The lowest BCUT2D eigenvalue weighted by Crippen LogP contribution is -2.40. The van der Waals surface area contributed by atoms with Crippen LogP contribution in [0.5, 0.6) is 0 Å². The van der Waals surface area contributed by atoms with Crippen LogP contribution < -0.4 is 5.56 Å². The Hall–Kier alpha value is -1.34. The van der Waals surface area contributed by atoms with Crippen LogP contribution >= 0.6 is 23.1 Å². The van der Waals surface area contributed by atoms with E-state index in [1.54, 1.807) is 4.57 Å². The van der Waals surface area contributed by atoms with Crippen molar-refractivity contribution in [3.63, 3.8) is 0 Å². The van der Waals surface area contributed by atoms with Gasteiger partial charge in [-0.1, -0.05) is 18.7 Å². The first-order valence-electron chi connectivity index (χ1n) is 7.98. The Morgan fingerprint density at radius 3 is 3.09 bits per heavy atom. The third-order valence-corrected chi connectivity index (χ3v) is 6.03. The second-order valence-electron chi connectivity index (χ2n) is 5.95. The summed E-state index contributed by atoms with van der Waals surface area (Å²) in [4.78, 5) is 31.4. The molecule has 0 aliphatic carbocycles. The summed E-state index contributed by atoms with van der Waals surface area (Å²) >= 11 is 2.79. The number of hydrogen-bond acceptors (Lipinski definition) is 5. The van der Waals surface area contributed by atoms with Crippen molar-refractivity contribution in [2.24, 2.45) is 5.92 Å². The third kappa shape index (κ3) is 3.45. The minimum absolute atomic E-state index is 0.00552. The molecule has 0 aromatic carbocycles. The van der Waals surface area contributed by atoms with Crippen LogP contribution in [0.1, 0.15) is 26.7 Å². The predicted molar refractivity (Wildman–Crippen MR) is 95.3 cm³/mol. The highest BCUT2D eigenvalue weighted by molar-refractivity contribution is 7.99. The van der Waals surface area contributed by atoms with Gasteiger partial charge >= 0.3 is 0 Å². The number of thiophene rings is 1. The Bertz CT molecular complexity index is 768. The molecular weight excluding hydrogens is 330 g/mol. The molecule has 23 heavy (non-hydrogen) atoms. The van der Waals surface area contributed by atoms with Crippen molar-refractivity contribution in [2.75, 3.05) is 18.8 Å². The number of thioether (sulfide) groups is 1. The maximum atomic E-state index is 12.5. The largest absolute Gasteiger partial charge is 0.342 e. The fraction of sp³-hybridized carbons (Fsp3) is 0.562. The smallest absolute Gasteiger partial charge is 0.272 e. The number of rotatable bonds is 4. The first-order valence-corrected chi connectivity index (χ1v) is 9.85. The van der Waals surface area contributed by atoms with E-state index in [0.29, 0.717) is 28.1 Å². The average Bonchev–Trinajstić information content (AvgIpc) is 3.01. The molecule has 124 valence electrons. The van der Waals surface area contributed by atoms with Gasteiger partial charge in [-0.3, -0.25) is 14.2 Å². The summed E-state index contributed by atoms with van der Waals surface area (Å²) < 4.78 is 2.35. The van der Waals surface area contributed by atoms with Crippen molar-refractivity contribution >= 4 is 39.2 Å². The van der Waals surface area contributed by atoms with Crippen LogP contribution in [-0.2, 0) is 11.3 Å². The van der Waals surface area contributed by atoms with Gasteiger partial charge in [-0.25, -0.2) is 4.98 Å². The quantitative estimate of drug-likeness (QED) is 0.628. The zero-order valence-corrected chi connectivity index (χ0v) is 15.1. The van der Waals surface area contributed by atoms with Crippen LogP contribution in [0, 0.1) is 5.92 Å². The second-order valence-corrected chi connectivity index (χ2v) is 7.81. The zero-order valence-electron chi connectivity index (χ0n) is 13.4. The Morgan fingerprint density at radius 2 is 2.35 bits per heavy atom. The molecule has 1 aliphatic heterocycles. The van der Waals surface area contributed by atoms with Crippen LogP contribution in [-0.4, -0.2) is 39.2 Å². The number of likely N-dealkylation sites (tertiary alicyclic amines) is 1. The molecule has 0 radical (unpaired) electrons. The Kier molecular flexibility index (Phi) is 5.06. The molecule has 1 aliphatic rings. The molecule has 1 atom stereocenters. The maximum Gasteiger partial charge on any atom is 0.272 e. The van der Waals surface area contributed by atoms with Crippen molar-refractivity contribution in [3.05, 3.63) is 21.8 Å². The summed E-state index contributed by atoms with van der Waals surface area (Å²) in [6, 6.07) is 1.86. The maximum absolute atomic E-state index is 12.5. The summed E-state index contributed by atoms with van der Waals surface area (Å²) in [5.74, 6) is 1.06. The third-order valence-electron chi connectivity index (χ3n) is 4.18. The average molecular weight is 351 g/mol. The van der Waals surface area contributed by atoms with E-state index in [2.05, 4.69) is 11.9 Å². The molecule has 7 heteroatoms. The summed E-state index contributed by atoms with van der Waals surface area (Å²) in [5, 5.41) is 2.52. The SMILES string of the molecule is CCn1c(SCC(=O)N2CCCC(C)C2)nc2ccsc2c1=O. The molecule has 3 heterocycles. The molecule has 0 bridgehead atoms. The minimum Gasteiger partial charge on any atom is -0.342 e. The van der Waals surface area contributed by atoms with Crippen LogP contribution in [0.25, 0.3) is 10.2 Å². The molecule has 1 amide bonds. The number of carbonyl (C=O) groups is 1. The van der Waals surface area contributed by atoms with E-state index >= 15 is 0 Å². The van der Waals surface area contributed by atoms with Gasteiger partial charge < -0.3 is 4.90 Å². The van der Waals surface area contributed by atoms with Crippen molar-refractivity contribution in [1.29, 1.82) is 0 Å². The summed E-state index contributed by atoms with van der Waals surface area (Å²) in [7, 11) is 0. The first kappa shape index (κ1) is 16.5. The number of hydrogen-bond donors (Lipinski definition) is 0. The second kappa shape index (κ2) is 7.05. The van der Waals surface area contributed by atoms with Gasteiger partial charge in [0.2, 0.25) is 5.91 Å². The molecule has 2 aromatic rings. The standard InChI is InChI=1S/C16H21N3O2S2/c1-3-19-15(21)14-12(6-8-22-14)17-16(19)23-10-13(20)18-7-4-5-11(2)9-18/h6,8,11H,3-5,7,9-10H2,1-2H3. The van der Waals surface area contributed by atoms with E-state index in [1.165, 1.54) is 29.5 Å². The number of aromatic nitrogens is 2. The van der Waals surface area contributed by atoms with E-state index in [9.17, 15) is 9.59 Å². The fourth-order valence-electron chi connectivity index (χ4n) is 2.95. The van der Waals surface area contributed by atoms with Gasteiger partial charge in [0.05, 0.1) is 11.3 Å². The Balaban J connectivity index is 1.76. The van der Waals surface area contributed by atoms with Crippen LogP contribution in [0.4, 0.5) is 0 Å². The molecule has 0 saturated carbocycles. The van der Waals surface area contributed by atoms with Gasteiger partial charge in [0.15, 0.2) is 5.16 Å². The highest BCUT2D eigenvalue weighted by Gasteiger charge is 2.21. The van der Waals surface area contributed by atoms with E-state index in [0.717, 1.165) is 25.0 Å². The van der Waals surface area contributed by atoms with Crippen molar-refractivity contribution in [1.82, 2.24) is 14.5 Å². The van der Waals surface area contributed by atoms with Gasteiger partial charge in [-0.05, 0) is 37.1 Å². The van der Waals surface area contributed by atoms with Crippen LogP contribution in [0.15, 0.2) is 21.4 Å². The van der Waals surface area contributed by atoms with Gasteiger partial charge in [0.25, 0.3) is 5.56 Å². The highest BCUT2D eigenvalue weighted by Crippen LogP contribution is 2.22. The van der Waals surface area contributed by atoms with E-state index in [-0.39, 0.29) is 11.5 Å². The van der Waals surface area contributed by atoms with Gasteiger partial charge in [0.1, 0.15) is 4.70 Å². The molecule has 1 fully saturated rings. The first-order chi connectivity index (χ1) is 11.1. The molecular formula is C16H21N3O2S2. The monoisotopic (exact) mass is 351 g/mol. The van der Waals surface area contributed by atoms with E-state index in [4.69, 9.17) is 0 Å². The number of fused-ring (bicyclic) bond motifs is 1. The zero-order chi connectivity index (χ0) is 16.4. The Labute approximate surface area is 143 Å². The summed E-state index contributed by atoms with van der Waals surface area (Å²) in [5.41, 5.74) is 0.722. The molecule has 2 aromatic heterocycles.